The van der Waals surface area contributed by atoms with E-state index in [9.17, 15) is 10.0 Å². The molecule has 35 heavy (non-hydrogen) atoms. The second-order valence-corrected chi connectivity index (χ2v) is 7.54. The molecule has 0 saturated carbocycles. The Balaban J connectivity index is 1.98. The van der Waals surface area contributed by atoms with Crippen LogP contribution < -0.4 is 17.3 Å². The van der Waals surface area contributed by atoms with Gasteiger partial charge in [0.1, 0.15) is 34.4 Å². The number of nitroso groups, excluding NO2 is 1. The average Bonchev–Trinajstić information content (AvgIpc) is 2.91. The van der Waals surface area contributed by atoms with Crippen LogP contribution in [0.25, 0.3) is 34.2 Å². The standard InChI is InChI=1S/C24H19IN4O6/c1-32-13-4-7-16(19(10-13)29-31)22-26-23(17-8-5-14(33-2)11-20(17)30)28-24(27-22)18-9-6-15(35-25)12-21(18)34-3/h4-12,30H,1-3H3. The van der Waals surface area contributed by atoms with E-state index < -0.39 is 0 Å². The van der Waals surface area contributed by atoms with Gasteiger partial charge in [-0.3, -0.25) is 0 Å². The van der Waals surface area contributed by atoms with Crippen molar-refractivity contribution in [1.82, 2.24) is 15.0 Å². The Morgan fingerprint density at radius 1 is 0.714 bits per heavy atom. The summed E-state index contributed by atoms with van der Waals surface area (Å²) in [6.07, 6.45) is 0. The molecule has 11 heteroatoms. The van der Waals surface area contributed by atoms with Gasteiger partial charge in [0.25, 0.3) is 0 Å². The number of phenols is 1. The molecule has 0 aliphatic carbocycles. The Morgan fingerprint density at radius 2 is 1.26 bits per heavy atom. The minimum absolute atomic E-state index is 0.0865. The molecule has 0 atom stereocenters. The van der Waals surface area contributed by atoms with Crippen molar-refractivity contribution in [3.8, 4) is 62.9 Å². The lowest BCUT2D eigenvalue weighted by molar-refractivity contribution is 0.408. The second-order valence-electron chi connectivity index (χ2n) is 7.10. The number of aromatic hydroxyl groups is 1. The Labute approximate surface area is 214 Å². The lowest BCUT2D eigenvalue weighted by Crippen LogP contribution is -2.02. The highest BCUT2D eigenvalue weighted by atomic mass is 127. The fourth-order valence-electron chi connectivity index (χ4n) is 3.37. The molecule has 0 radical (unpaired) electrons. The zero-order valence-corrected chi connectivity index (χ0v) is 21.0. The van der Waals surface area contributed by atoms with E-state index in [1.165, 1.54) is 33.5 Å². The summed E-state index contributed by atoms with van der Waals surface area (Å²) in [5.74, 6) is 2.49. The molecule has 1 N–H and O–H groups in total. The van der Waals surface area contributed by atoms with Crippen LogP contribution in [0.4, 0.5) is 5.69 Å². The van der Waals surface area contributed by atoms with Gasteiger partial charge in [0.05, 0.1) is 32.5 Å². The highest BCUT2D eigenvalue weighted by Crippen LogP contribution is 2.38. The minimum atomic E-state index is -0.0865. The van der Waals surface area contributed by atoms with Crippen LogP contribution >= 0.6 is 23.0 Å². The van der Waals surface area contributed by atoms with Gasteiger partial charge in [-0.15, -0.1) is 4.91 Å². The summed E-state index contributed by atoms with van der Waals surface area (Å²) in [5, 5.41) is 13.7. The molecule has 1 aromatic heterocycles. The summed E-state index contributed by atoms with van der Waals surface area (Å²) >= 11 is 1.78. The zero-order valence-electron chi connectivity index (χ0n) is 18.9. The summed E-state index contributed by atoms with van der Waals surface area (Å²) in [4.78, 5) is 25.3. The smallest absolute Gasteiger partial charge is 0.192 e. The molecule has 1 heterocycles. The van der Waals surface area contributed by atoms with Crippen LogP contribution in [0, 0.1) is 4.91 Å². The molecule has 4 aromatic rings. The summed E-state index contributed by atoms with van der Waals surface area (Å²) in [7, 11) is 4.51. The van der Waals surface area contributed by atoms with E-state index in [-0.39, 0.29) is 28.9 Å². The highest BCUT2D eigenvalue weighted by Gasteiger charge is 2.20. The molecule has 0 saturated heterocycles. The quantitative estimate of drug-likeness (QED) is 0.204. The number of methoxy groups -OCH3 is 3. The van der Waals surface area contributed by atoms with Crippen molar-refractivity contribution in [2.45, 2.75) is 0 Å². The van der Waals surface area contributed by atoms with Gasteiger partial charge >= 0.3 is 0 Å². The molecule has 4 rings (SSSR count). The van der Waals surface area contributed by atoms with E-state index in [2.05, 4.69) is 20.1 Å². The molecule has 0 aliphatic rings. The van der Waals surface area contributed by atoms with Crippen LogP contribution in [-0.4, -0.2) is 41.4 Å². The maximum atomic E-state index is 11.6. The second kappa shape index (κ2) is 10.5. The first-order valence-electron chi connectivity index (χ1n) is 10.1. The SMILES string of the molecule is COc1ccc(-c2nc(-c3ccc(OC)cc3N=O)nc(-c3ccc(OI)cc3OC)n2)c(O)c1. The van der Waals surface area contributed by atoms with E-state index in [0.717, 1.165) is 0 Å². The Kier molecular flexibility index (Phi) is 7.25. The number of ether oxygens (including phenoxy) is 3. The predicted molar refractivity (Wildman–Crippen MR) is 138 cm³/mol. The van der Waals surface area contributed by atoms with Crippen molar-refractivity contribution in [1.29, 1.82) is 0 Å². The van der Waals surface area contributed by atoms with Crippen LogP contribution in [-0.2, 0) is 0 Å². The van der Waals surface area contributed by atoms with Gasteiger partial charge in [0.2, 0.25) is 0 Å². The van der Waals surface area contributed by atoms with Crippen LogP contribution in [0.2, 0.25) is 0 Å². The number of hydrogen-bond acceptors (Lipinski definition) is 10. The first kappa shape index (κ1) is 24.1. The molecule has 0 unspecified atom stereocenters. The van der Waals surface area contributed by atoms with Crippen molar-refractivity contribution in [2.24, 2.45) is 5.18 Å². The van der Waals surface area contributed by atoms with E-state index in [1.54, 1.807) is 65.5 Å². The number of nitrogens with zero attached hydrogens (tertiary/aromatic N) is 4. The van der Waals surface area contributed by atoms with Gasteiger partial charge in [-0.2, -0.15) is 0 Å². The minimum Gasteiger partial charge on any atom is -0.507 e. The van der Waals surface area contributed by atoms with E-state index in [0.29, 0.717) is 39.7 Å². The normalized spacial score (nSPS) is 10.5. The summed E-state index contributed by atoms with van der Waals surface area (Å²) < 4.78 is 21.2. The van der Waals surface area contributed by atoms with E-state index in [4.69, 9.17) is 17.3 Å². The third-order valence-corrected chi connectivity index (χ3v) is 5.64. The molecule has 0 aliphatic heterocycles. The van der Waals surface area contributed by atoms with E-state index in [1.807, 2.05) is 0 Å². The molecule has 0 spiro atoms. The number of rotatable bonds is 8. The fourth-order valence-corrected chi connectivity index (χ4v) is 3.65. The lowest BCUT2D eigenvalue weighted by atomic mass is 10.1. The molecule has 178 valence electrons. The van der Waals surface area contributed by atoms with Crippen LogP contribution in [0.1, 0.15) is 0 Å². The largest absolute Gasteiger partial charge is 0.507 e. The number of aromatic nitrogens is 3. The summed E-state index contributed by atoms with van der Waals surface area (Å²) in [6.45, 7) is 0. The van der Waals surface area contributed by atoms with Crippen molar-refractivity contribution in [2.75, 3.05) is 21.3 Å². The molecular weight excluding hydrogens is 567 g/mol. The predicted octanol–water partition coefficient (Wildman–Crippen LogP) is 5.73. The number of phenolic OH excluding ortho intramolecular Hbond substituents is 1. The van der Waals surface area contributed by atoms with Crippen LogP contribution in [0.3, 0.4) is 0 Å². The van der Waals surface area contributed by atoms with Gasteiger partial charge < -0.3 is 22.4 Å². The van der Waals surface area contributed by atoms with Gasteiger partial charge in [0, 0.05) is 23.8 Å². The molecule has 10 nitrogen and oxygen atoms in total. The molecule has 0 bridgehead atoms. The highest BCUT2D eigenvalue weighted by molar-refractivity contribution is 14.1. The third kappa shape index (κ3) is 4.94. The molecule has 3 aromatic carbocycles. The van der Waals surface area contributed by atoms with Gasteiger partial charge in [0.15, 0.2) is 40.5 Å². The maximum absolute atomic E-state index is 11.6. The average molecular weight is 586 g/mol. The van der Waals surface area contributed by atoms with Gasteiger partial charge in [-0.05, 0) is 41.6 Å². The van der Waals surface area contributed by atoms with Crippen molar-refractivity contribution >= 4 is 28.7 Å². The number of hydrogen-bond donors (Lipinski definition) is 1. The molecule has 0 amide bonds. The number of benzene rings is 3. The Hall–Kier alpha value is -4.00. The van der Waals surface area contributed by atoms with Gasteiger partial charge in [-0.25, -0.2) is 15.0 Å². The van der Waals surface area contributed by atoms with Crippen molar-refractivity contribution in [3.05, 3.63) is 59.5 Å². The van der Waals surface area contributed by atoms with Crippen molar-refractivity contribution < 1.29 is 22.4 Å². The topological polar surface area (TPSA) is 125 Å². The molecular formula is C24H19IN4O6. The van der Waals surface area contributed by atoms with Gasteiger partial charge in [-0.1, -0.05) is 0 Å². The van der Waals surface area contributed by atoms with E-state index >= 15 is 0 Å². The third-order valence-electron chi connectivity index (χ3n) is 5.13. The fraction of sp³-hybridized carbons (Fsp3) is 0.125. The summed E-state index contributed by atoms with van der Waals surface area (Å²) in [5.41, 5.74) is 1.35. The summed E-state index contributed by atoms with van der Waals surface area (Å²) in [6, 6.07) is 14.7. The molecule has 0 fully saturated rings. The monoisotopic (exact) mass is 586 g/mol. The van der Waals surface area contributed by atoms with Crippen molar-refractivity contribution in [3.63, 3.8) is 0 Å². The maximum Gasteiger partial charge on any atom is 0.192 e. The first-order chi connectivity index (χ1) is 17.0. The zero-order chi connectivity index (χ0) is 24.9. The Bertz CT molecular complexity index is 1400. The lowest BCUT2D eigenvalue weighted by Gasteiger charge is -2.13. The number of halogens is 1. The Morgan fingerprint density at radius 3 is 1.83 bits per heavy atom. The first-order valence-corrected chi connectivity index (χ1v) is 11.0. The van der Waals surface area contributed by atoms with Crippen LogP contribution in [0.15, 0.2) is 59.8 Å². The van der Waals surface area contributed by atoms with Crippen LogP contribution in [0.5, 0.6) is 28.7 Å².